The van der Waals surface area contributed by atoms with Crippen LogP contribution in [0.2, 0.25) is 0 Å². The molecule has 4 aromatic rings. The summed E-state index contributed by atoms with van der Waals surface area (Å²) >= 11 is 2.75. The molecule has 26 heavy (non-hydrogen) atoms. The van der Waals surface area contributed by atoms with Crippen molar-refractivity contribution in [3.63, 3.8) is 0 Å². The van der Waals surface area contributed by atoms with E-state index in [0.29, 0.717) is 20.2 Å². The van der Waals surface area contributed by atoms with E-state index >= 15 is 0 Å². The van der Waals surface area contributed by atoms with Crippen molar-refractivity contribution in [3.05, 3.63) is 70.9 Å². The molecule has 3 nitrogen and oxygen atoms in total. The summed E-state index contributed by atoms with van der Waals surface area (Å²) in [5.41, 5.74) is 2.94. The Bertz CT molecular complexity index is 1090. The average molecular weight is 382 g/mol. The van der Waals surface area contributed by atoms with Gasteiger partial charge in [-0.2, -0.15) is 0 Å². The quantitative estimate of drug-likeness (QED) is 0.472. The van der Waals surface area contributed by atoms with Crippen molar-refractivity contribution in [2.24, 2.45) is 0 Å². The molecule has 2 heterocycles. The predicted molar refractivity (Wildman–Crippen MR) is 107 cm³/mol. The van der Waals surface area contributed by atoms with E-state index in [4.69, 9.17) is 0 Å². The minimum absolute atomic E-state index is 0.189. The molecule has 0 fully saturated rings. The van der Waals surface area contributed by atoms with E-state index in [1.807, 2.05) is 24.3 Å². The molecule has 0 aliphatic rings. The summed E-state index contributed by atoms with van der Waals surface area (Å²) in [4.78, 5) is 18.8. The number of amides is 1. The Morgan fingerprint density at radius 2 is 1.92 bits per heavy atom. The van der Waals surface area contributed by atoms with Gasteiger partial charge in [0.15, 0.2) is 5.13 Å². The van der Waals surface area contributed by atoms with Gasteiger partial charge in [0.25, 0.3) is 5.91 Å². The average Bonchev–Trinajstić information content (AvgIpc) is 3.25. The second-order valence-corrected chi connectivity index (χ2v) is 7.85. The summed E-state index contributed by atoms with van der Waals surface area (Å²) in [6.45, 7) is 2.08. The Morgan fingerprint density at radius 1 is 1.12 bits per heavy atom. The number of halogens is 1. The smallest absolute Gasteiger partial charge is 0.267 e. The number of nitrogens with one attached hydrogen (secondary N) is 1. The van der Waals surface area contributed by atoms with Crippen LogP contribution in [0.5, 0.6) is 0 Å². The largest absolute Gasteiger partial charge is 0.297 e. The molecule has 0 saturated carbocycles. The Kier molecular flexibility index (Phi) is 4.53. The predicted octanol–water partition coefficient (Wildman–Crippen LogP) is 5.98. The molecule has 2 aromatic heterocycles. The Balaban J connectivity index is 1.62. The van der Waals surface area contributed by atoms with Crippen LogP contribution in [0.25, 0.3) is 20.7 Å². The molecule has 130 valence electrons. The number of nitrogens with zero attached hydrogens (tertiary/aromatic N) is 1. The summed E-state index contributed by atoms with van der Waals surface area (Å²) in [6, 6.07) is 16.4. The lowest BCUT2D eigenvalue weighted by molar-refractivity contribution is 0.103. The van der Waals surface area contributed by atoms with Crippen LogP contribution in [0.4, 0.5) is 9.52 Å². The van der Waals surface area contributed by atoms with Crippen LogP contribution in [0.1, 0.15) is 22.2 Å². The van der Waals surface area contributed by atoms with E-state index in [1.54, 1.807) is 6.07 Å². The van der Waals surface area contributed by atoms with Gasteiger partial charge in [-0.1, -0.05) is 48.6 Å². The zero-order chi connectivity index (χ0) is 18.1. The standard InChI is InChI=1S/C20H15FN2OS2/c1-2-12-10-17(25-18(12)13-6-4-3-5-7-13)19(24)23-20-22-15-9-8-14(21)11-16(15)26-20/h3-11H,2H2,1H3,(H,22,23,24). The fourth-order valence-electron chi connectivity index (χ4n) is 2.75. The number of benzene rings is 2. The zero-order valence-electron chi connectivity index (χ0n) is 14.0. The molecule has 0 unspecified atom stereocenters. The van der Waals surface area contributed by atoms with Gasteiger partial charge in [0.2, 0.25) is 0 Å². The van der Waals surface area contributed by atoms with Crippen molar-refractivity contribution in [2.75, 3.05) is 5.32 Å². The molecule has 0 atom stereocenters. The van der Waals surface area contributed by atoms with E-state index in [0.717, 1.165) is 22.4 Å². The van der Waals surface area contributed by atoms with Crippen LogP contribution in [-0.2, 0) is 6.42 Å². The van der Waals surface area contributed by atoms with Crippen LogP contribution >= 0.6 is 22.7 Å². The molecule has 2 aromatic carbocycles. The Morgan fingerprint density at radius 3 is 2.69 bits per heavy atom. The van der Waals surface area contributed by atoms with Gasteiger partial charge in [-0.25, -0.2) is 9.37 Å². The lowest BCUT2D eigenvalue weighted by Crippen LogP contribution is -2.09. The first-order valence-corrected chi connectivity index (χ1v) is 9.83. The van der Waals surface area contributed by atoms with Crippen molar-refractivity contribution in [3.8, 4) is 10.4 Å². The van der Waals surface area contributed by atoms with E-state index < -0.39 is 0 Å². The van der Waals surface area contributed by atoms with Crippen molar-refractivity contribution in [1.29, 1.82) is 0 Å². The van der Waals surface area contributed by atoms with E-state index in [9.17, 15) is 9.18 Å². The van der Waals surface area contributed by atoms with Crippen LogP contribution < -0.4 is 5.32 Å². The van der Waals surface area contributed by atoms with Crippen LogP contribution in [0, 0.1) is 5.82 Å². The highest BCUT2D eigenvalue weighted by molar-refractivity contribution is 7.22. The molecule has 0 spiro atoms. The third-order valence-electron chi connectivity index (χ3n) is 4.02. The highest BCUT2D eigenvalue weighted by Gasteiger charge is 2.16. The highest BCUT2D eigenvalue weighted by Crippen LogP contribution is 2.34. The van der Waals surface area contributed by atoms with E-state index in [2.05, 4.69) is 29.4 Å². The molecule has 0 saturated heterocycles. The molecule has 0 bridgehead atoms. The maximum atomic E-state index is 13.3. The summed E-state index contributed by atoms with van der Waals surface area (Å²) in [7, 11) is 0. The number of carbonyl (C=O) groups excluding carboxylic acids is 1. The lowest BCUT2D eigenvalue weighted by atomic mass is 10.1. The van der Waals surface area contributed by atoms with Gasteiger partial charge in [-0.15, -0.1) is 11.3 Å². The lowest BCUT2D eigenvalue weighted by Gasteiger charge is -2.00. The molecule has 6 heteroatoms. The fourth-order valence-corrected chi connectivity index (χ4v) is 4.79. The highest BCUT2D eigenvalue weighted by atomic mass is 32.1. The molecule has 0 aliphatic heterocycles. The number of anilines is 1. The van der Waals surface area contributed by atoms with Crippen molar-refractivity contribution in [1.82, 2.24) is 4.98 Å². The molecular weight excluding hydrogens is 367 g/mol. The number of rotatable bonds is 4. The molecular formula is C20H15FN2OS2. The molecule has 0 aliphatic carbocycles. The van der Waals surface area contributed by atoms with Gasteiger partial charge in [-0.3, -0.25) is 10.1 Å². The second-order valence-electron chi connectivity index (χ2n) is 5.77. The number of hydrogen-bond acceptors (Lipinski definition) is 4. The van der Waals surface area contributed by atoms with Gasteiger partial charge >= 0.3 is 0 Å². The zero-order valence-corrected chi connectivity index (χ0v) is 15.6. The third kappa shape index (κ3) is 3.25. The second kappa shape index (κ2) is 6.97. The Hall–Kier alpha value is -2.57. The third-order valence-corrected chi connectivity index (χ3v) is 6.18. The van der Waals surface area contributed by atoms with Crippen LogP contribution in [0.15, 0.2) is 54.6 Å². The molecule has 1 N–H and O–H groups in total. The first kappa shape index (κ1) is 16.9. The van der Waals surface area contributed by atoms with Crippen LogP contribution in [-0.4, -0.2) is 10.9 Å². The molecule has 4 rings (SSSR count). The topological polar surface area (TPSA) is 42.0 Å². The number of hydrogen-bond donors (Lipinski definition) is 1. The summed E-state index contributed by atoms with van der Waals surface area (Å²) in [5, 5.41) is 3.31. The minimum atomic E-state index is -0.308. The molecule has 1 amide bonds. The first-order chi connectivity index (χ1) is 12.6. The monoisotopic (exact) mass is 382 g/mol. The van der Waals surface area contributed by atoms with Crippen molar-refractivity contribution >= 4 is 43.9 Å². The number of aryl methyl sites for hydroxylation is 1. The van der Waals surface area contributed by atoms with Gasteiger partial charge in [0, 0.05) is 4.88 Å². The number of aromatic nitrogens is 1. The normalized spacial score (nSPS) is 11.0. The van der Waals surface area contributed by atoms with E-state index in [1.165, 1.54) is 34.8 Å². The first-order valence-electron chi connectivity index (χ1n) is 8.19. The minimum Gasteiger partial charge on any atom is -0.297 e. The number of thiazole rings is 1. The summed E-state index contributed by atoms with van der Waals surface area (Å²) in [6.07, 6.45) is 0.856. The van der Waals surface area contributed by atoms with Gasteiger partial charge in [0.05, 0.1) is 15.1 Å². The SMILES string of the molecule is CCc1cc(C(=O)Nc2nc3ccc(F)cc3s2)sc1-c1ccccc1. The van der Waals surface area contributed by atoms with Gasteiger partial charge < -0.3 is 0 Å². The van der Waals surface area contributed by atoms with Crippen molar-refractivity contribution in [2.45, 2.75) is 13.3 Å². The number of thiophene rings is 1. The number of carbonyl (C=O) groups is 1. The summed E-state index contributed by atoms with van der Waals surface area (Å²) < 4.78 is 14.0. The fraction of sp³-hybridized carbons (Fsp3) is 0.100. The summed E-state index contributed by atoms with van der Waals surface area (Å²) in [5.74, 6) is -0.496. The maximum Gasteiger partial charge on any atom is 0.267 e. The van der Waals surface area contributed by atoms with Gasteiger partial charge in [0.1, 0.15) is 5.82 Å². The molecule has 0 radical (unpaired) electrons. The van der Waals surface area contributed by atoms with Gasteiger partial charge in [-0.05, 0) is 41.8 Å². The number of fused-ring (bicyclic) bond motifs is 1. The maximum absolute atomic E-state index is 13.3. The van der Waals surface area contributed by atoms with Crippen LogP contribution in [0.3, 0.4) is 0 Å². The Labute approximate surface area is 158 Å². The van der Waals surface area contributed by atoms with Crippen molar-refractivity contribution < 1.29 is 9.18 Å². The van der Waals surface area contributed by atoms with E-state index in [-0.39, 0.29) is 11.7 Å².